The summed E-state index contributed by atoms with van der Waals surface area (Å²) in [5.41, 5.74) is 9.70. The van der Waals surface area contributed by atoms with Crippen LogP contribution in [-0.4, -0.2) is 34.9 Å². The van der Waals surface area contributed by atoms with Gasteiger partial charge in [0.2, 0.25) is 5.91 Å². The van der Waals surface area contributed by atoms with Gasteiger partial charge in [0.25, 0.3) is 0 Å². The molecule has 2 N–H and O–H groups in total. The SMILES string of the molecule is N[C@H]1CC(=O)N(c2ccc3c(cnn3-c3ccc(F)cc3)c2)C1c1ccc2c(c1)OCCO2. The van der Waals surface area contributed by atoms with Gasteiger partial charge in [0, 0.05) is 23.5 Å². The van der Waals surface area contributed by atoms with Crippen LogP contribution >= 0.6 is 0 Å². The fourth-order valence-corrected chi connectivity index (χ4v) is 4.66. The van der Waals surface area contributed by atoms with Crippen molar-refractivity contribution >= 4 is 22.5 Å². The van der Waals surface area contributed by atoms with Gasteiger partial charge in [0.05, 0.1) is 23.4 Å². The number of hydrogen-bond donors (Lipinski definition) is 1. The minimum absolute atomic E-state index is 0.0346. The second kappa shape index (κ2) is 7.60. The monoisotopic (exact) mass is 444 g/mol. The van der Waals surface area contributed by atoms with Crippen molar-refractivity contribution in [3.05, 3.63) is 78.2 Å². The van der Waals surface area contributed by atoms with Crippen molar-refractivity contribution in [2.24, 2.45) is 5.73 Å². The number of nitrogens with two attached hydrogens (primary N) is 1. The minimum atomic E-state index is -0.349. The number of nitrogens with zero attached hydrogens (tertiary/aromatic N) is 3. The fraction of sp³-hybridized carbons (Fsp3) is 0.200. The number of anilines is 1. The number of carbonyl (C=O) groups is 1. The third kappa shape index (κ3) is 3.30. The van der Waals surface area contributed by atoms with Crippen LogP contribution in [0.4, 0.5) is 10.1 Å². The highest BCUT2D eigenvalue weighted by molar-refractivity contribution is 5.99. The van der Waals surface area contributed by atoms with Gasteiger partial charge < -0.3 is 20.1 Å². The summed E-state index contributed by atoms with van der Waals surface area (Å²) in [6, 6.07) is 17.0. The number of aromatic nitrogens is 2. The molecule has 2 atom stereocenters. The highest BCUT2D eigenvalue weighted by atomic mass is 19.1. The highest BCUT2D eigenvalue weighted by Crippen LogP contribution is 2.41. The topological polar surface area (TPSA) is 82.6 Å². The standard InChI is InChI=1S/C25H21FN4O3/c26-17-2-4-18(5-3-17)30-21-7-6-19(11-16(21)14-28-30)29-24(31)13-20(27)25(29)15-1-8-22-23(12-15)33-10-9-32-22/h1-8,11-12,14,20,25H,9-10,13,27H2/t20-,25?/m0/s1. The summed E-state index contributed by atoms with van der Waals surface area (Å²) in [6.07, 6.45) is 1.99. The Labute approximate surface area is 189 Å². The van der Waals surface area contributed by atoms with Crippen LogP contribution < -0.4 is 20.1 Å². The third-order valence-electron chi connectivity index (χ3n) is 6.17. The van der Waals surface area contributed by atoms with Crippen molar-refractivity contribution in [3.63, 3.8) is 0 Å². The molecular weight excluding hydrogens is 423 g/mol. The van der Waals surface area contributed by atoms with Crippen molar-refractivity contribution in [2.45, 2.75) is 18.5 Å². The second-order valence-corrected chi connectivity index (χ2v) is 8.26. The molecule has 1 aromatic heterocycles. The second-order valence-electron chi connectivity index (χ2n) is 8.26. The summed E-state index contributed by atoms with van der Waals surface area (Å²) in [4.78, 5) is 14.7. The van der Waals surface area contributed by atoms with E-state index in [1.54, 1.807) is 27.9 Å². The van der Waals surface area contributed by atoms with E-state index in [9.17, 15) is 9.18 Å². The highest BCUT2D eigenvalue weighted by Gasteiger charge is 2.40. The average molecular weight is 444 g/mol. The summed E-state index contributed by atoms with van der Waals surface area (Å²) in [6.45, 7) is 1.01. The van der Waals surface area contributed by atoms with E-state index in [1.807, 2.05) is 36.4 Å². The normalized spacial score (nSPS) is 19.9. The Kier molecular flexibility index (Phi) is 4.55. The third-order valence-corrected chi connectivity index (χ3v) is 6.17. The Bertz CT molecular complexity index is 1370. The Hall–Kier alpha value is -3.91. The van der Waals surface area contributed by atoms with Gasteiger partial charge in [-0.15, -0.1) is 0 Å². The predicted molar refractivity (Wildman–Crippen MR) is 121 cm³/mol. The molecule has 0 radical (unpaired) electrons. The number of ether oxygens (including phenoxy) is 2. The number of carbonyl (C=O) groups excluding carboxylic acids is 1. The van der Waals surface area contributed by atoms with E-state index in [4.69, 9.17) is 15.2 Å². The van der Waals surface area contributed by atoms with Crippen molar-refractivity contribution in [3.8, 4) is 17.2 Å². The van der Waals surface area contributed by atoms with Crippen molar-refractivity contribution in [1.82, 2.24) is 9.78 Å². The maximum absolute atomic E-state index is 13.3. The zero-order chi connectivity index (χ0) is 22.5. The van der Waals surface area contributed by atoms with Gasteiger partial charge in [-0.2, -0.15) is 5.10 Å². The molecule has 0 aliphatic carbocycles. The van der Waals surface area contributed by atoms with Crippen LogP contribution in [0.3, 0.4) is 0 Å². The summed E-state index contributed by atoms with van der Waals surface area (Å²) in [7, 11) is 0. The maximum Gasteiger partial charge on any atom is 0.229 e. The summed E-state index contributed by atoms with van der Waals surface area (Å²) < 4.78 is 26.4. The van der Waals surface area contributed by atoms with Gasteiger partial charge in [-0.1, -0.05) is 6.07 Å². The zero-order valence-electron chi connectivity index (χ0n) is 17.6. The molecule has 2 aliphatic heterocycles. The Morgan fingerprint density at radius 3 is 2.52 bits per heavy atom. The van der Waals surface area contributed by atoms with Gasteiger partial charge in [-0.3, -0.25) is 4.79 Å². The summed E-state index contributed by atoms with van der Waals surface area (Å²) in [5, 5.41) is 5.32. The molecule has 7 nitrogen and oxygen atoms in total. The Morgan fingerprint density at radius 2 is 1.70 bits per heavy atom. The number of rotatable bonds is 3. The fourth-order valence-electron chi connectivity index (χ4n) is 4.66. The van der Waals surface area contributed by atoms with E-state index < -0.39 is 0 Å². The van der Waals surface area contributed by atoms with Crippen molar-refractivity contribution in [2.75, 3.05) is 18.1 Å². The van der Waals surface area contributed by atoms with E-state index >= 15 is 0 Å². The largest absolute Gasteiger partial charge is 0.486 e. The first-order chi connectivity index (χ1) is 16.1. The van der Waals surface area contributed by atoms with Gasteiger partial charge in [-0.05, 0) is 60.2 Å². The molecule has 0 bridgehead atoms. The van der Waals surface area contributed by atoms with Gasteiger partial charge in [0.1, 0.15) is 19.0 Å². The maximum atomic E-state index is 13.3. The van der Waals surface area contributed by atoms with Crippen LogP contribution in [0.2, 0.25) is 0 Å². The Morgan fingerprint density at radius 1 is 0.939 bits per heavy atom. The van der Waals surface area contributed by atoms with E-state index in [-0.39, 0.29) is 30.2 Å². The summed E-state index contributed by atoms with van der Waals surface area (Å²) >= 11 is 0. The molecule has 4 aromatic rings. The molecule has 0 saturated carbocycles. The van der Waals surface area contributed by atoms with Gasteiger partial charge in [-0.25, -0.2) is 9.07 Å². The van der Waals surface area contributed by atoms with E-state index in [2.05, 4.69) is 5.10 Å². The first-order valence-corrected chi connectivity index (χ1v) is 10.8. The molecule has 3 aromatic carbocycles. The minimum Gasteiger partial charge on any atom is -0.486 e. The van der Waals surface area contributed by atoms with Crippen LogP contribution in [0.1, 0.15) is 18.0 Å². The lowest BCUT2D eigenvalue weighted by molar-refractivity contribution is -0.117. The number of hydrogen-bond acceptors (Lipinski definition) is 5. The lowest BCUT2D eigenvalue weighted by Crippen LogP contribution is -2.33. The zero-order valence-corrected chi connectivity index (χ0v) is 17.6. The average Bonchev–Trinajstić information content (AvgIpc) is 3.38. The van der Waals surface area contributed by atoms with Gasteiger partial charge in [0.15, 0.2) is 11.5 Å². The van der Waals surface area contributed by atoms with Crippen molar-refractivity contribution < 1.29 is 18.7 Å². The van der Waals surface area contributed by atoms with E-state index in [0.29, 0.717) is 24.7 Å². The molecule has 1 amide bonds. The lowest BCUT2D eigenvalue weighted by Gasteiger charge is -2.28. The number of fused-ring (bicyclic) bond motifs is 2. The molecule has 6 rings (SSSR count). The first-order valence-electron chi connectivity index (χ1n) is 10.8. The van der Waals surface area contributed by atoms with E-state index in [1.165, 1.54) is 12.1 Å². The molecule has 8 heteroatoms. The molecule has 0 spiro atoms. The molecule has 1 saturated heterocycles. The lowest BCUT2D eigenvalue weighted by atomic mass is 9.99. The van der Waals surface area contributed by atoms with Crippen LogP contribution in [0.5, 0.6) is 11.5 Å². The van der Waals surface area contributed by atoms with E-state index in [0.717, 1.165) is 27.8 Å². The number of benzene rings is 3. The smallest absolute Gasteiger partial charge is 0.229 e. The molecule has 33 heavy (non-hydrogen) atoms. The van der Waals surface area contributed by atoms with Gasteiger partial charge >= 0.3 is 0 Å². The van der Waals surface area contributed by atoms with Crippen molar-refractivity contribution in [1.29, 1.82) is 0 Å². The molecule has 1 fully saturated rings. The Balaban J connectivity index is 1.39. The van der Waals surface area contributed by atoms with Crippen LogP contribution in [-0.2, 0) is 4.79 Å². The molecule has 166 valence electrons. The number of halogens is 1. The predicted octanol–water partition coefficient (Wildman–Crippen LogP) is 3.74. The van der Waals surface area contributed by atoms with Crippen LogP contribution in [0.15, 0.2) is 66.9 Å². The molecule has 3 heterocycles. The molecule has 1 unspecified atom stereocenters. The molecular formula is C25H21FN4O3. The summed E-state index contributed by atoms with van der Waals surface area (Å²) in [5.74, 6) is 1.03. The number of amides is 1. The quantitative estimate of drug-likeness (QED) is 0.521. The first kappa shape index (κ1) is 19.8. The molecule has 2 aliphatic rings. The van der Waals surface area contributed by atoms with Crippen LogP contribution in [0, 0.1) is 5.82 Å². The van der Waals surface area contributed by atoms with Crippen LogP contribution in [0.25, 0.3) is 16.6 Å².